The number of rotatable bonds is 4. The van der Waals surface area contributed by atoms with E-state index in [-0.39, 0.29) is 16.0 Å². The Balaban J connectivity index is 3.74. The van der Waals surface area contributed by atoms with E-state index < -0.39 is 34.8 Å². The lowest BCUT2D eigenvalue weighted by Gasteiger charge is -2.18. The smallest absolute Gasteiger partial charge is 0.398 e. The molecule has 23 heavy (non-hydrogen) atoms. The Morgan fingerprint density at radius 1 is 1.17 bits per heavy atom. The van der Waals surface area contributed by atoms with Crippen molar-refractivity contribution >= 4 is 36.2 Å². The summed E-state index contributed by atoms with van der Waals surface area (Å²) in [7, 11) is 0. The molecule has 1 aromatic carbocycles. The summed E-state index contributed by atoms with van der Waals surface area (Å²) in [6.07, 6.45) is -2.56. The van der Waals surface area contributed by atoms with Gasteiger partial charge in [-0.05, 0) is 24.6 Å². The van der Waals surface area contributed by atoms with E-state index in [1.54, 1.807) is 0 Å². The number of hydrogen-bond donors (Lipinski definition) is 4. The Hall–Kier alpha value is -2.42. The van der Waals surface area contributed by atoms with Crippen LogP contribution in [0.1, 0.15) is 23.6 Å². The van der Waals surface area contributed by atoms with Gasteiger partial charge in [-0.2, -0.15) is 13.2 Å². The van der Waals surface area contributed by atoms with Crippen LogP contribution in [-0.4, -0.2) is 11.8 Å². The highest BCUT2D eigenvalue weighted by Crippen LogP contribution is 2.39. The van der Waals surface area contributed by atoms with Gasteiger partial charge >= 0.3 is 6.18 Å². The normalized spacial score (nSPS) is 13.1. The number of amides is 2. The van der Waals surface area contributed by atoms with Crippen molar-refractivity contribution in [2.75, 3.05) is 0 Å². The van der Waals surface area contributed by atoms with Crippen molar-refractivity contribution in [1.29, 1.82) is 0 Å². The molecule has 0 aliphatic heterocycles. The first-order valence-corrected chi connectivity index (χ1v) is 6.58. The number of carbonyl (C=O) groups excluding carboxylic acids is 2. The van der Waals surface area contributed by atoms with Crippen LogP contribution in [0.2, 0.25) is 0 Å². The Labute approximate surface area is 135 Å². The predicted octanol–water partition coefficient (Wildman–Crippen LogP) is 1.67. The molecule has 5 nitrogen and oxygen atoms in total. The number of nitrogens with two attached hydrogens (primary N) is 3. The zero-order valence-electron chi connectivity index (χ0n) is 11.9. The van der Waals surface area contributed by atoms with Crippen LogP contribution >= 0.6 is 12.6 Å². The molecule has 0 radical (unpaired) electrons. The van der Waals surface area contributed by atoms with Gasteiger partial charge in [0.05, 0.1) is 5.56 Å². The Bertz CT molecular complexity index is 725. The maximum absolute atomic E-state index is 13.2. The lowest BCUT2D eigenvalue weighted by Crippen LogP contribution is -2.19. The number of alkyl halides is 3. The zero-order valence-corrected chi connectivity index (χ0v) is 12.8. The monoisotopic (exact) mass is 345 g/mol. The molecule has 1 aromatic rings. The van der Waals surface area contributed by atoms with Gasteiger partial charge in [0.25, 0.3) is 0 Å². The molecule has 0 bridgehead atoms. The van der Waals surface area contributed by atoms with Gasteiger partial charge < -0.3 is 17.2 Å². The molecule has 0 heterocycles. The minimum absolute atomic E-state index is 0.157. The molecule has 0 atom stereocenters. The highest BCUT2D eigenvalue weighted by atomic mass is 32.1. The van der Waals surface area contributed by atoms with Gasteiger partial charge in [-0.1, -0.05) is 6.07 Å². The number of benzene rings is 1. The van der Waals surface area contributed by atoms with Crippen molar-refractivity contribution in [3.05, 3.63) is 40.5 Å². The van der Waals surface area contributed by atoms with Crippen LogP contribution < -0.4 is 17.2 Å². The first-order chi connectivity index (χ1) is 10.5. The molecule has 0 aromatic heterocycles. The van der Waals surface area contributed by atoms with E-state index in [0.29, 0.717) is 0 Å². The van der Waals surface area contributed by atoms with Crippen molar-refractivity contribution in [3.63, 3.8) is 0 Å². The lowest BCUT2D eigenvalue weighted by molar-refractivity contribution is -0.138. The molecule has 0 fully saturated rings. The summed E-state index contributed by atoms with van der Waals surface area (Å²) >= 11 is 4.05. The molecule has 9 heteroatoms. The van der Waals surface area contributed by atoms with E-state index >= 15 is 0 Å². The van der Waals surface area contributed by atoms with Gasteiger partial charge in [-0.25, -0.2) is 0 Å². The summed E-state index contributed by atoms with van der Waals surface area (Å²) in [5, 5.41) is 0. The van der Waals surface area contributed by atoms with E-state index in [1.807, 2.05) is 0 Å². The van der Waals surface area contributed by atoms with E-state index in [4.69, 9.17) is 17.2 Å². The second-order valence-electron chi connectivity index (χ2n) is 4.56. The zero-order chi connectivity index (χ0) is 17.9. The van der Waals surface area contributed by atoms with E-state index in [2.05, 4.69) is 12.6 Å². The fourth-order valence-electron chi connectivity index (χ4n) is 1.74. The van der Waals surface area contributed by atoms with Crippen LogP contribution in [0.4, 0.5) is 13.2 Å². The van der Waals surface area contributed by atoms with E-state index in [9.17, 15) is 22.8 Å². The highest BCUT2D eigenvalue weighted by molar-refractivity contribution is 7.80. The third kappa shape index (κ3) is 4.28. The molecule has 6 N–H and O–H groups in total. The topological polar surface area (TPSA) is 112 Å². The number of hydrogen-bond acceptors (Lipinski definition) is 4. The third-order valence-electron chi connectivity index (χ3n) is 2.98. The molecule has 0 aliphatic carbocycles. The quantitative estimate of drug-likeness (QED) is 0.492. The largest absolute Gasteiger partial charge is 0.417 e. The summed E-state index contributed by atoms with van der Waals surface area (Å²) in [6.45, 7) is 1.21. The number of halogens is 3. The summed E-state index contributed by atoms with van der Waals surface area (Å²) in [5.41, 5.74) is 13.6. The molecule has 1 rings (SSSR count). The maximum atomic E-state index is 13.2. The number of thiol groups is 1. The van der Waals surface area contributed by atoms with E-state index in [1.165, 1.54) is 13.0 Å². The van der Waals surface area contributed by atoms with Gasteiger partial charge in [-0.15, -0.1) is 12.6 Å². The van der Waals surface area contributed by atoms with E-state index in [0.717, 1.165) is 18.2 Å². The molecular formula is C14H14F3N3O2S. The second kappa shape index (κ2) is 6.78. The molecular weight excluding hydrogens is 331 g/mol. The summed E-state index contributed by atoms with van der Waals surface area (Å²) in [4.78, 5) is 21.8. The van der Waals surface area contributed by atoms with Gasteiger partial charge in [0.1, 0.15) is 0 Å². The fourth-order valence-corrected chi connectivity index (χ4v) is 2.13. The molecule has 0 saturated heterocycles. The average Bonchev–Trinajstić information content (AvgIpc) is 2.42. The highest BCUT2D eigenvalue weighted by Gasteiger charge is 2.35. The number of primary amides is 2. The SMILES string of the molecule is C/C(C(N)=O)=C(/N)c1c(C(F)(F)F)ccc(/C=C/C(N)=O)c1S. The molecule has 2 amide bonds. The minimum Gasteiger partial charge on any atom is -0.398 e. The van der Waals surface area contributed by atoms with Crippen molar-refractivity contribution in [3.8, 4) is 0 Å². The Morgan fingerprint density at radius 2 is 1.74 bits per heavy atom. The molecule has 0 aliphatic rings. The van der Waals surface area contributed by atoms with Crippen molar-refractivity contribution in [2.24, 2.45) is 17.2 Å². The van der Waals surface area contributed by atoms with Crippen molar-refractivity contribution in [1.82, 2.24) is 0 Å². The summed E-state index contributed by atoms with van der Waals surface area (Å²) in [6, 6.07) is 1.89. The van der Waals surface area contributed by atoms with Gasteiger partial charge in [0, 0.05) is 27.8 Å². The predicted molar refractivity (Wildman–Crippen MR) is 82.9 cm³/mol. The molecule has 0 spiro atoms. The molecule has 124 valence electrons. The first-order valence-electron chi connectivity index (χ1n) is 6.14. The molecule has 0 saturated carbocycles. The second-order valence-corrected chi connectivity index (χ2v) is 5.01. The van der Waals surface area contributed by atoms with Crippen molar-refractivity contribution < 1.29 is 22.8 Å². The Kier molecular flexibility index (Phi) is 5.49. The van der Waals surface area contributed by atoms with Gasteiger partial charge in [0.2, 0.25) is 11.8 Å². The van der Waals surface area contributed by atoms with Crippen LogP contribution in [0.15, 0.2) is 28.7 Å². The van der Waals surface area contributed by atoms with Crippen LogP contribution in [0.25, 0.3) is 11.8 Å². The van der Waals surface area contributed by atoms with Gasteiger partial charge in [0.15, 0.2) is 0 Å². The minimum atomic E-state index is -4.72. The summed E-state index contributed by atoms with van der Waals surface area (Å²) < 4.78 is 39.5. The van der Waals surface area contributed by atoms with Crippen LogP contribution in [0.3, 0.4) is 0 Å². The lowest BCUT2D eigenvalue weighted by atomic mass is 9.97. The van der Waals surface area contributed by atoms with Gasteiger partial charge in [-0.3, -0.25) is 9.59 Å². The fraction of sp³-hybridized carbons (Fsp3) is 0.143. The van der Waals surface area contributed by atoms with Crippen LogP contribution in [0.5, 0.6) is 0 Å². The standard InChI is InChI=1S/C14H14F3N3O2S/c1-6(13(20)22)11(19)10-8(14(15,16)17)4-2-7(12(10)23)3-5-9(18)21/h2-5,23H,19H2,1H3,(H2,18,21)(H2,20,22)/b5-3+,11-6-. The summed E-state index contributed by atoms with van der Waals surface area (Å²) in [5.74, 6) is -1.74. The maximum Gasteiger partial charge on any atom is 0.417 e. The van der Waals surface area contributed by atoms with Crippen molar-refractivity contribution in [2.45, 2.75) is 18.0 Å². The Morgan fingerprint density at radius 3 is 2.17 bits per heavy atom. The molecule has 0 unspecified atom stereocenters. The van der Waals surface area contributed by atoms with Crippen LogP contribution in [-0.2, 0) is 15.8 Å². The average molecular weight is 345 g/mol. The number of carbonyl (C=O) groups is 2. The third-order valence-corrected chi connectivity index (χ3v) is 3.47. The first kappa shape index (κ1) is 18.6. The van der Waals surface area contributed by atoms with Crippen LogP contribution in [0, 0.1) is 0 Å².